The lowest BCUT2D eigenvalue weighted by molar-refractivity contribution is -0.00746. The molecular weight excluding hydrogens is 260 g/mol. The van der Waals surface area contributed by atoms with Crippen molar-refractivity contribution in [3.05, 3.63) is 47.6 Å². The molecule has 21 heavy (non-hydrogen) atoms. The highest BCUT2D eigenvalue weighted by Crippen LogP contribution is 2.59. The molecule has 112 valence electrons. The molecule has 0 spiro atoms. The van der Waals surface area contributed by atoms with Crippen LogP contribution in [-0.2, 0) is 12.8 Å². The zero-order chi connectivity index (χ0) is 15.2. The van der Waals surface area contributed by atoms with E-state index in [-0.39, 0.29) is 11.5 Å². The molecule has 0 aliphatic heterocycles. The average molecular weight is 284 g/mol. The molecule has 0 unspecified atom stereocenters. The monoisotopic (exact) mass is 284 g/mol. The zero-order valence-electron chi connectivity index (χ0n) is 12.9. The molecule has 1 aromatic rings. The Balaban J connectivity index is 1.88. The minimum absolute atomic E-state index is 0.0218. The van der Waals surface area contributed by atoms with E-state index in [0.29, 0.717) is 17.8 Å². The molecular formula is C19H24O2. The van der Waals surface area contributed by atoms with E-state index in [1.165, 1.54) is 12.0 Å². The topological polar surface area (TPSA) is 40.5 Å². The summed E-state index contributed by atoms with van der Waals surface area (Å²) in [5.74, 6) is 1.45. The summed E-state index contributed by atoms with van der Waals surface area (Å²) < 4.78 is 0. The first kappa shape index (κ1) is 14.2. The van der Waals surface area contributed by atoms with E-state index in [4.69, 9.17) is 0 Å². The van der Waals surface area contributed by atoms with Gasteiger partial charge in [0.05, 0.1) is 0 Å². The second kappa shape index (κ2) is 4.94. The van der Waals surface area contributed by atoms with Crippen LogP contribution in [0.5, 0.6) is 11.5 Å². The number of benzene rings is 1. The highest BCUT2D eigenvalue weighted by molar-refractivity contribution is 5.50. The van der Waals surface area contributed by atoms with E-state index in [9.17, 15) is 10.2 Å². The summed E-state index contributed by atoms with van der Waals surface area (Å²) in [4.78, 5) is 0. The first-order valence-corrected chi connectivity index (χ1v) is 7.77. The van der Waals surface area contributed by atoms with Crippen LogP contribution in [0.1, 0.15) is 37.8 Å². The minimum Gasteiger partial charge on any atom is -0.504 e. The highest BCUT2D eigenvalue weighted by atomic mass is 16.3. The van der Waals surface area contributed by atoms with Crippen molar-refractivity contribution in [2.75, 3.05) is 0 Å². The van der Waals surface area contributed by atoms with Gasteiger partial charge in [-0.15, -0.1) is 6.58 Å². The summed E-state index contributed by atoms with van der Waals surface area (Å²) in [6, 6.07) is 3.62. The van der Waals surface area contributed by atoms with Gasteiger partial charge in [0.1, 0.15) is 0 Å². The Morgan fingerprint density at radius 3 is 2.71 bits per heavy atom. The van der Waals surface area contributed by atoms with Crippen molar-refractivity contribution in [1.82, 2.24) is 0 Å². The average Bonchev–Trinajstić information content (AvgIpc) is 2.44. The number of phenols is 2. The molecule has 0 amide bonds. The maximum absolute atomic E-state index is 10.1. The fourth-order valence-electron chi connectivity index (χ4n) is 4.06. The minimum atomic E-state index is -0.0218. The highest BCUT2D eigenvalue weighted by Gasteiger charge is 2.50. The zero-order valence-corrected chi connectivity index (χ0v) is 12.9. The Morgan fingerprint density at radius 2 is 2.10 bits per heavy atom. The van der Waals surface area contributed by atoms with Gasteiger partial charge in [0, 0.05) is 5.56 Å². The summed E-state index contributed by atoms with van der Waals surface area (Å²) in [7, 11) is 0. The van der Waals surface area contributed by atoms with Crippen molar-refractivity contribution >= 4 is 0 Å². The molecule has 2 N–H and O–H groups in total. The lowest BCUT2D eigenvalue weighted by atomic mass is 9.48. The first-order chi connectivity index (χ1) is 9.93. The molecule has 4 rings (SSSR count). The van der Waals surface area contributed by atoms with E-state index in [0.717, 1.165) is 29.9 Å². The number of phenolic OH excluding ortho intramolecular Hbond substituents is 2. The van der Waals surface area contributed by atoms with E-state index in [1.807, 2.05) is 12.1 Å². The maximum atomic E-state index is 10.1. The lowest BCUT2D eigenvalue weighted by Crippen LogP contribution is -2.48. The third-order valence-electron chi connectivity index (χ3n) is 5.59. The van der Waals surface area contributed by atoms with Gasteiger partial charge in [0.2, 0.25) is 0 Å². The lowest BCUT2D eigenvalue weighted by Gasteiger charge is -2.56. The van der Waals surface area contributed by atoms with Gasteiger partial charge in [0.25, 0.3) is 0 Å². The summed E-state index contributed by atoms with van der Waals surface area (Å²) in [5.41, 5.74) is 3.64. The molecule has 0 heterocycles. The van der Waals surface area contributed by atoms with Crippen molar-refractivity contribution in [2.24, 2.45) is 17.3 Å². The maximum Gasteiger partial charge on any atom is 0.161 e. The fourth-order valence-corrected chi connectivity index (χ4v) is 4.06. The van der Waals surface area contributed by atoms with E-state index < -0.39 is 0 Å². The van der Waals surface area contributed by atoms with Crippen LogP contribution in [-0.4, -0.2) is 10.2 Å². The standard InChI is InChI=1S/C19H24O2/c1-4-5-12-8-14(18(21)17(20)9-12)10-13-6-7-15-11-16(13)19(15,2)3/h4,6,8-9,15-16,20-21H,1,5,7,10-11H2,2-3H3/t15-,16-/m1/s1. The third kappa shape index (κ3) is 2.27. The van der Waals surface area contributed by atoms with Crippen molar-refractivity contribution in [3.63, 3.8) is 0 Å². The number of aromatic hydroxyl groups is 2. The Hall–Kier alpha value is -1.70. The molecule has 0 saturated heterocycles. The van der Waals surface area contributed by atoms with Crippen molar-refractivity contribution < 1.29 is 10.2 Å². The van der Waals surface area contributed by atoms with Crippen molar-refractivity contribution in [3.8, 4) is 11.5 Å². The van der Waals surface area contributed by atoms with E-state index >= 15 is 0 Å². The smallest absolute Gasteiger partial charge is 0.161 e. The van der Waals surface area contributed by atoms with Crippen LogP contribution in [0.3, 0.4) is 0 Å². The van der Waals surface area contributed by atoms with Crippen LogP contribution >= 0.6 is 0 Å². The molecule has 3 aliphatic rings. The van der Waals surface area contributed by atoms with Crippen LogP contribution in [0.2, 0.25) is 0 Å². The van der Waals surface area contributed by atoms with E-state index in [1.54, 1.807) is 6.07 Å². The largest absolute Gasteiger partial charge is 0.504 e. The molecule has 2 atom stereocenters. The number of rotatable bonds is 4. The molecule has 0 aromatic heterocycles. The Kier molecular flexibility index (Phi) is 3.35. The third-order valence-corrected chi connectivity index (χ3v) is 5.59. The van der Waals surface area contributed by atoms with Gasteiger partial charge in [-0.2, -0.15) is 0 Å². The van der Waals surface area contributed by atoms with Gasteiger partial charge in [-0.25, -0.2) is 0 Å². The quantitative estimate of drug-likeness (QED) is 0.637. The van der Waals surface area contributed by atoms with Crippen LogP contribution in [0, 0.1) is 17.3 Å². The van der Waals surface area contributed by atoms with Gasteiger partial charge in [-0.05, 0) is 54.6 Å². The fraction of sp³-hybridized carbons (Fsp3) is 0.474. The van der Waals surface area contributed by atoms with Gasteiger partial charge >= 0.3 is 0 Å². The Bertz CT molecular complexity index is 610. The second-order valence-electron chi connectivity index (χ2n) is 7.11. The molecule has 1 aromatic carbocycles. The van der Waals surface area contributed by atoms with Crippen molar-refractivity contribution in [2.45, 2.75) is 39.5 Å². The second-order valence-corrected chi connectivity index (χ2v) is 7.11. The van der Waals surface area contributed by atoms with Gasteiger partial charge < -0.3 is 10.2 Å². The number of allylic oxidation sites excluding steroid dienone is 3. The molecule has 2 nitrogen and oxygen atoms in total. The molecule has 1 fully saturated rings. The number of hydrogen-bond acceptors (Lipinski definition) is 2. The van der Waals surface area contributed by atoms with Gasteiger partial charge in [-0.3, -0.25) is 0 Å². The molecule has 2 heteroatoms. The molecule has 2 bridgehead atoms. The molecule has 3 aliphatic carbocycles. The van der Waals surface area contributed by atoms with Gasteiger partial charge in [0.15, 0.2) is 11.5 Å². The predicted molar refractivity (Wildman–Crippen MR) is 85.5 cm³/mol. The molecule has 0 radical (unpaired) electrons. The Morgan fingerprint density at radius 1 is 1.33 bits per heavy atom. The van der Waals surface area contributed by atoms with Crippen LogP contribution in [0.15, 0.2) is 36.4 Å². The SMILES string of the molecule is C=CCc1cc(O)c(O)c(CC2=CC[C@@H]3C[C@H]2C3(C)C)c1. The summed E-state index contributed by atoms with van der Waals surface area (Å²) in [6.07, 6.45) is 8.04. The van der Waals surface area contributed by atoms with E-state index in [2.05, 4.69) is 26.5 Å². The van der Waals surface area contributed by atoms with Crippen molar-refractivity contribution in [1.29, 1.82) is 0 Å². The summed E-state index contributed by atoms with van der Waals surface area (Å²) in [6.45, 7) is 8.44. The summed E-state index contributed by atoms with van der Waals surface area (Å²) in [5, 5.41) is 20.1. The van der Waals surface area contributed by atoms with Crippen LogP contribution < -0.4 is 0 Å². The number of fused-ring (bicyclic) bond motifs is 1. The van der Waals surface area contributed by atoms with Gasteiger partial charge in [-0.1, -0.05) is 37.6 Å². The van der Waals surface area contributed by atoms with Crippen LogP contribution in [0.25, 0.3) is 0 Å². The predicted octanol–water partition coefficient (Wildman–Crippen LogP) is 4.36. The van der Waals surface area contributed by atoms with Crippen LogP contribution in [0.4, 0.5) is 0 Å². The Labute approximate surface area is 126 Å². The normalized spacial score (nSPS) is 25.9. The number of hydrogen-bond donors (Lipinski definition) is 2. The first-order valence-electron chi connectivity index (χ1n) is 7.77. The molecule has 1 saturated carbocycles. The summed E-state index contributed by atoms with van der Waals surface area (Å²) >= 11 is 0.